The molecule has 0 bridgehead atoms. The van der Waals surface area contributed by atoms with Gasteiger partial charge in [-0.15, -0.1) is 0 Å². The molecule has 3 N–H and O–H groups in total. The van der Waals surface area contributed by atoms with Crippen molar-refractivity contribution in [1.29, 1.82) is 0 Å². The van der Waals surface area contributed by atoms with Crippen molar-refractivity contribution >= 4 is 18.0 Å². The van der Waals surface area contributed by atoms with Gasteiger partial charge in [0.15, 0.2) is 5.43 Å². The molecule has 0 fully saturated rings. The number of carbonyl (C=O) groups excluding carboxylic acids is 1. The maximum Gasteiger partial charge on any atom is 0.303 e. The molecule has 0 saturated carbocycles. The molecule has 1 rings (SSSR count). The molecule has 0 aliphatic rings. The maximum absolute atomic E-state index is 11.5. The first-order valence-electron chi connectivity index (χ1n) is 7.48. The second-order valence-electron chi connectivity index (χ2n) is 5.06. The largest absolute Gasteiger partial charge is 0.481 e. The number of allylic oxidation sites excluding steroid dienone is 3. The predicted molar refractivity (Wildman–Crippen MR) is 87.0 cm³/mol. The summed E-state index contributed by atoms with van der Waals surface area (Å²) in [6.07, 6.45) is 13.1. The molecule has 6 heteroatoms. The van der Waals surface area contributed by atoms with E-state index in [-0.39, 0.29) is 12.0 Å². The third-order valence-corrected chi connectivity index (χ3v) is 3.14. The van der Waals surface area contributed by atoms with Gasteiger partial charge in [-0.2, -0.15) is 0 Å². The summed E-state index contributed by atoms with van der Waals surface area (Å²) in [7, 11) is 0. The fourth-order valence-corrected chi connectivity index (χ4v) is 1.91. The quantitative estimate of drug-likeness (QED) is 0.509. The molecule has 0 unspecified atom stereocenters. The summed E-state index contributed by atoms with van der Waals surface area (Å²) in [5.41, 5.74) is 4.39. The molecule has 0 spiro atoms. The molecule has 0 radical (unpaired) electrons. The molecule has 1 aromatic rings. The first kappa shape index (κ1) is 18.4. The molecule has 1 amide bonds. The summed E-state index contributed by atoms with van der Waals surface area (Å²) in [6, 6.07) is 1.22. The normalized spacial score (nSPS) is 11.3. The third-order valence-electron chi connectivity index (χ3n) is 3.14. The van der Waals surface area contributed by atoms with Gasteiger partial charge in [-0.3, -0.25) is 14.4 Å². The van der Waals surface area contributed by atoms with Crippen LogP contribution in [0.2, 0.25) is 0 Å². The van der Waals surface area contributed by atoms with Gasteiger partial charge in [-0.25, -0.2) is 0 Å². The molecule has 124 valence electrons. The van der Waals surface area contributed by atoms with Crippen molar-refractivity contribution < 1.29 is 19.1 Å². The van der Waals surface area contributed by atoms with Crippen LogP contribution in [-0.2, 0) is 4.79 Å². The van der Waals surface area contributed by atoms with Crippen LogP contribution in [0.1, 0.15) is 54.6 Å². The number of primary amides is 1. The van der Waals surface area contributed by atoms with Gasteiger partial charge in [-0.05, 0) is 25.3 Å². The Bertz CT molecular complexity index is 643. The van der Waals surface area contributed by atoms with Crippen LogP contribution in [0.4, 0.5) is 0 Å². The minimum Gasteiger partial charge on any atom is -0.481 e. The first-order chi connectivity index (χ1) is 11.0. The van der Waals surface area contributed by atoms with E-state index in [1.807, 2.05) is 12.2 Å². The summed E-state index contributed by atoms with van der Waals surface area (Å²) in [4.78, 5) is 32.8. The van der Waals surface area contributed by atoms with Gasteiger partial charge in [0.2, 0.25) is 0 Å². The van der Waals surface area contributed by atoms with E-state index in [0.717, 1.165) is 38.4 Å². The second-order valence-corrected chi connectivity index (χ2v) is 5.06. The molecule has 0 aromatic carbocycles. The lowest BCUT2D eigenvalue weighted by Crippen LogP contribution is -2.20. The van der Waals surface area contributed by atoms with Gasteiger partial charge in [0.05, 0.1) is 0 Å². The molecule has 1 heterocycles. The van der Waals surface area contributed by atoms with Gasteiger partial charge in [0.25, 0.3) is 5.91 Å². The minimum absolute atomic E-state index is 0.166. The lowest BCUT2D eigenvalue weighted by molar-refractivity contribution is -0.137. The zero-order valence-electron chi connectivity index (χ0n) is 12.9. The van der Waals surface area contributed by atoms with Crippen LogP contribution >= 0.6 is 0 Å². The van der Waals surface area contributed by atoms with Gasteiger partial charge < -0.3 is 15.3 Å². The van der Waals surface area contributed by atoms with E-state index in [9.17, 15) is 14.4 Å². The number of carboxylic acid groups (broad SMARTS) is 1. The Hall–Kier alpha value is -2.63. The van der Waals surface area contributed by atoms with Crippen LogP contribution < -0.4 is 11.2 Å². The Morgan fingerprint density at radius 2 is 1.91 bits per heavy atom. The van der Waals surface area contributed by atoms with Crippen LogP contribution in [-0.4, -0.2) is 17.0 Å². The number of aliphatic carboxylic acids is 1. The van der Waals surface area contributed by atoms with Crippen molar-refractivity contribution in [2.75, 3.05) is 0 Å². The Morgan fingerprint density at radius 1 is 1.17 bits per heavy atom. The van der Waals surface area contributed by atoms with Crippen LogP contribution in [0.3, 0.4) is 0 Å². The van der Waals surface area contributed by atoms with Gasteiger partial charge in [0, 0.05) is 12.5 Å². The standard InChI is InChI=1S/C17H21NO5/c18-17(22)14-12-23-13(11-15(14)19)9-7-5-3-1-2-4-6-8-10-16(20)21/h3,5,7,9,11-12H,1-2,4,6,8,10H2,(H2,18,22)(H,20,21). The summed E-state index contributed by atoms with van der Waals surface area (Å²) in [5.74, 6) is -1.21. The minimum atomic E-state index is -0.808. The number of hydrogen-bond donors (Lipinski definition) is 2. The Balaban J connectivity index is 2.28. The molecule has 6 nitrogen and oxygen atoms in total. The highest BCUT2D eigenvalue weighted by molar-refractivity contribution is 5.92. The fourth-order valence-electron chi connectivity index (χ4n) is 1.91. The molecule has 0 aliphatic heterocycles. The van der Waals surface area contributed by atoms with E-state index in [2.05, 4.69) is 0 Å². The summed E-state index contributed by atoms with van der Waals surface area (Å²) in [5, 5.41) is 8.50. The zero-order chi connectivity index (χ0) is 17.1. The average molecular weight is 319 g/mol. The molecule has 0 saturated heterocycles. The van der Waals surface area contributed by atoms with Crippen molar-refractivity contribution in [3.8, 4) is 0 Å². The van der Waals surface area contributed by atoms with Crippen LogP contribution in [0.25, 0.3) is 6.08 Å². The van der Waals surface area contributed by atoms with Crippen molar-refractivity contribution in [1.82, 2.24) is 0 Å². The van der Waals surface area contributed by atoms with Crippen molar-refractivity contribution in [3.63, 3.8) is 0 Å². The number of carboxylic acids is 1. The monoisotopic (exact) mass is 319 g/mol. The Labute approximate surface area is 134 Å². The Kier molecular flexibility index (Phi) is 8.13. The number of rotatable bonds is 10. The zero-order valence-corrected chi connectivity index (χ0v) is 12.9. The smallest absolute Gasteiger partial charge is 0.303 e. The van der Waals surface area contributed by atoms with E-state index < -0.39 is 17.3 Å². The predicted octanol–water partition coefficient (Wildman–Crippen LogP) is 2.73. The molecular formula is C17H21NO5. The molecule has 0 aliphatic carbocycles. The van der Waals surface area contributed by atoms with Gasteiger partial charge >= 0.3 is 5.97 Å². The van der Waals surface area contributed by atoms with E-state index in [4.69, 9.17) is 15.3 Å². The summed E-state index contributed by atoms with van der Waals surface area (Å²) in [6.45, 7) is 0. The van der Waals surface area contributed by atoms with Crippen LogP contribution in [0, 0.1) is 0 Å². The number of amides is 1. The van der Waals surface area contributed by atoms with Gasteiger partial charge in [0.1, 0.15) is 17.6 Å². The Morgan fingerprint density at radius 3 is 2.57 bits per heavy atom. The number of carbonyl (C=O) groups is 2. The number of hydrogen-bond acceptors (Lipinski definition) is 4. The van der Waals surface area contributed by atoms with Crippen molar-refractivity contribution in [3.05, 3.63) is 52.1 Å². The number of nitrogens with two attached hydrogens (primary N) is 1. The summed E-state index contributed by atoms with van der Waals surface area (Å²) >= 11 is 0. The topological polar surface area (TPSA) is 111 Å². The lowest BCUT2D eigenvalue weighted by atomic mass is 10.1. The highest BCUT2D eigenvalue weighted by Crippen LogP contribution is 2.06. The molecule has 0 atom stereocenters. The highest BCUT2D eigenvalue weighted by Gasteiger charge is 2.06. The van der Waals surface area contributed by atoms with E-state index in [1.165, 1.54) is 6.07 Å². The van der Waals surface area contributed by atoms with E-state index in [1.54, 1.807) is 12.2 Å². The first-order valence-corrected chi connectivity index (χ1v) is 7.48. The van der Waals surface area contributed by atoms with Crippen LogP contribution in [0.15, 0.2) is 39.8 Å². The maximum atomic E-state index is 11.5. The summed E-state index contributed by atoms with van der Waals surface area (Å²) < 4.78 is 5.12. The van der Waals surface area contributed by atoms with E-state index in [0.29, 0.717) is 5.76 Å². The van der Waals surface area contributed by atoms with Crippen molar-refractivity contribution in [2.24, 2.45) is 5.73 Å². The highest BCUT2D eigenvalue weighted by atomic mass is 16.4. The fraction of sp³-hybridized carbons (Fsp3) is 0.353. The second kappa shape index (κ2) is 10.2. The van der Waals surface area contributed by atoms with Gasteiger partial charge in [-0.1, -0.05) is 31.1 Å². The molecule has 23 heavy (non-hydrogen) atoms. The molecular weight excluding hydrogens is 298 g/mol. The van der Waals surface area contributed by atoms with E-state index >= 15 is 0 Å². The number of unbranched alkanes of at least 4 members (excludes halogenated alkanes) is 4. The lowest BCUT2D eigenvalue weighted by Gasteiger charge is -1.96. The van der Waals surface area contributed by atoms with Crippen molar-refractivity contribution in [2.45, 2.75) is 38.5 Å². The third kappa shape index (κ3) is 7.80. The average Bonchev–Trinajstić information content (AvgIpc) is 2.48. The molecule has 1 aromatic heterocycles. The van der Waals surface area contributed by atoms with Crippen LogP contribution in [0.5, 0.6) is 0 Å². The SMILES string of the molecule is NC(=O)c1coc(C=CC=CCCCCCCC(=O)O)cc1=O.